The monoisotopic (exact) mass is 285 g/mol. The molecule has 1 saturated heterocycles. The zero-order chi connectivity index (χ0) is 14.8. The van der Waals surface area contributed by atoms with E-state index in [-0.39, 0.29) is 5.92 Å². The van der Waals surface area contributed by atoms with Crippen molar-refractivity contribution in [3.63, 3.8) is 0 Å². The largest absolute Gasteiger partial charge is 0.480 e. The van der Waals surface area contributed by atoms with Gasteiger partial charge in [-0.05, 0) is 34.9 Å². The van der Waals surface area contributed by atoms with E-state index in [0.29, 0.717) is 6.61 Å². The van der Waals surface area contributed by atoms with Crippen molar-refractivity contribution in [3.8, 4) is 0 Å². The normalized spacial score (nSPS) is 21.8. The molecule has 4 nitrogen and oxygen atoms in total. The molecular formula is C17H19NO3. The summed E-state index contributed by atoms with van der Waals surface area (Å²) in [6, 6.07) is 11.7. The molecule has 1 fully saturated rings. The molecule has 110 valence electrons. The summed E-state index contributed by atoms with van der Waals surface area (Å²) >= 11 is 0. The number of rotatable bonds is 4. The van der Waals surface area contributed by atoms with Crippen LogP contribution in [0.1, 0.15) is 23.5 Å². The third-order valence-corrected chi connectivity index (χ3v) is 4.22. The summed E-state index contributed by atoms with van der Waals surface area (Å²) in [5.74, 6) is -0.799. The van der Waals surface area contributed by atoms with Crippen LogP contribution in [0.3, 0.4) is 0 Å². The van der Waals surface area contributed by atoms with Gasteiger partial charge in [-0.25, -0.2) is 0 Å². The minimum absolute atomic E-state index is 0.0150. The van der Waals surface area contributed by atoms with E-state index in [4.69, 9.17) is 4.74 Å². The zero-order valence-corrected chi connectivity index (χ0v) is 12.0. The maximum Gasteiger partial charge on any atom is 0.321 e. The Kier molecular flexibility index (Phi) is 3.90. The van der Waals surface area contributed by atoms with Crippen LogP contribution in [-0.4, -0.2) is 30.8 Å². The van der Waals surface area contributed by atoms with Crippen LogP contribution < -0.4 is 5.32 Å². The molecule has 2 N–H and O–H groups in total. The molecule has 0 saturated carbocycles. The van der Waals surface area contributed by atoms with Crippen molar-refractivity contribution in [1.82, 2.24) is 5.32 Å². The van der Waals surface area contributed by atoms with Gasteiger partial charge in [-0.2, -0.15) is 0 Å². The van der Waals surface area contributed by atoms with Gasteiger partial charge in [-0.1, -0.05) is 36.4 Å². The van der Waals surface area contributed by atoms with Crippen molar-refractivity contribution in [3.05, 3.63) is 47.5 Å². The Morgan fingerprint density at radius 1 is 1.33 bits per heavy atom. The van der Waals surface area contributed by atoms with E-state index < -0.39 is 12.0 Å². The quantitative estimate of drug-likeness (QED) is 0.906. The van der Waals surface area contributed by atoms with Gasteiger partial charge >= 0.3 is 5.97 Å². The SMILES string of the molecule is COCc1ccc2ccccc2c1[C@H]1CCN[C@@H]1C(=O)O. The smallest absolute Gasteiger partial charge is 0.321 e. The van der Waals surface area contributed by atoms with E-state index in [1.807, 2.05) is 12.1 Å². The maximum atomic E-state index is 11.5. The molecule has 0 spiro atoms. The van der Waals surface area contributed by atoms with E-state index in [9.17, 15) is 9.90 Å². The number of carboxylic acids is 1. The van der Waals surface area contributed by atoms with Gasteiger partial charge in [0.25, 0.3) is 0 Å². The molecule has 1 aliphatic rings. The van der Waals surface area contributed by atoms with Crippen molar-refractivity contribution in [1.29, 1.82) is 0 Å². The average molecular weight is 285 g/mol. The van der Waals surface area contributed by atoms with Gasteiger partial charge in [0.05, 0.1) is 6.61 Å². The van der Waals surface area contributed by atoms with Crippen LogP contribution in [0.4, 0.5) is 0 Å². The van der Waals surface area contributed by atoms with Crippen LogP contribution >= 0.6 is 0 Å². The molecule has 1 aliphatic heterocycles. The molecule has 0 aliphatic carbocycles. The number of aliphatic carboxylic acids is 1. The number of fused-ring (bicyclic) bond motifs is 1. The van der Waals surface area contributed by atoms with Crippen molar-refractivity contribution in [2.45, 2.75) is 25.0 Å². The molecule has 0 unspecified atom stereocenters. The number of benzene rings is 2. The fourth-order valence-electron chi connectivity index (χ4n) is 3.33. The summed E-state index contributed by atoms with van der Waals surface area (Å²) in [5, 5.41) is 14.8. The Bertz CT molecular complexity index is 668. The van der Waals surface area contributed by atoms with Gasteiger partial charge in [0.15, 0.2) is 0 Å². The third kappa shape index (κ3) is 2.52. The fraction of sp³-hybridized carbons (Fsp3) is 0.353. The molecule has 2 aromatic carbocycles. The molecule has 1 heterocycles. The number of hydrogen-bond donors (Lipinski definition) is 2. The predicted octanol–water partition coefficient (Wildman–Crippen LogP) is 2.52. The topological polar surface area (TPSA) is 58.6 Å². The first-order chi connectivity index (χ1) is 10.2. The molecule has 3 rings (SSSR count). The van der Waals surface area contributed by atoms with Crippen LogP contribution in [-0.2, 0) is 16.1 Å². The van der Waals surface area contributed by atoms with Crippen molar-refractivity contribution >= 4 is 16.7 Å². The number of ether oxygens (including phenoxy) is 1. The van der Waals surface area contributed by atoms with Crippen LogP contribution in [0.2, 0.25) is 0 Å². The first kappa shape index (κ1) is 14.0. The van der Waals surface area contributed by atoms with Crippen LogP contribution in [0, 0.1) is 0 Å². The zero-order valence-electron chi connectivity index (χ0n) is 12.0. The first-order valence-electron chi connectivity index (χ1n) is 7.18. The lowest BCUT2D eigenvalue weighted by atomic mass is 9.85. The molecule has 0 aromatic heterocycles. The second kappa shape index (κ2) is 5.84. The molecule has 0 amide bonds. The Morgan fingerprint density at radius 2 is 2.14 bits per heavy atom. The lowest BCUT2D eigenvalue weighted by Gasteiger charge is -2.21. The van der Waals surface area contributed by atoms with E-state index >= 15 is 0 Å². The summed E-state index contributed by atoms with van der Waals surface area (Å²) in [4.78, 5) is 11.5. The van der Waals surface area contributed by atoms with Gasteiger partial charge in [-0.15, -0.1) is 0 Å². The standard InChI is InChI=1S/C17H19NO3/c1-21-10-12-7-6-11-4-2-3-5-13(11)15(12)14-8-9-18-16(14)17(19)20/h2-7,14,16,18H,8-10H2,1H3,(H,19,20)/t14-,16+/m1/s1. The van der Waals surface area contributed by atoms with Gasteiger partial charge in [0.2, 0.25) is 0 Å². The fourth-order valence-corrected chi connectivity index (χ4v) is 3.33. The van der Waals surface area contributed by atoms with Crippen LogP contribution in [0.15, 0.2) is 36.4 Å². The highest BCUT2D eigenvalue weighted by molar-refractivity contribution is 5.88. The summed E-state index contributed by atoms with van der Waals surface area (Å²) in [5.41, 5.74) is 2.20. The molecule has 2 atom stereocenters. The lowest BCUT2D eigenvalue weighted by Crippen LogP contribution is -2.34. The highest BCUT2D eigenvalue weighted by Crippen LogP contribution is 2.36. The van der Waals surface area contributed by atoms with E-state index in [1.165, 1.54) is 0 Å². The van der Waals surface area contributed by atoms with Crippen molar-refractivity contribution in [2.24, 2.45) is 0 Å². The predicted molar refractivity (Wildman–Crippen MR) is 81.4 cm³/mol. The van der Waals surface area contributed by atoms with Crippen molar-refractivity contribution < 1.29 is 14.6 Å². The summed E-state index contributed by atoms with van der Waals surface area (Å²) < 4.78 is 5.30. The second-order valence-corrected chi connectivity index (χ2v) is 5.46. The molecule has 21 heavy (non-hydrogen) atoms. The molecule has 0 bridgehead atoms. The third-order valence-electron chi connectivity index (χ3n) is 4.22. The molecule has 0 radical (unpaired) electrons. The van der Waals surface area contributed by atoms with Gasteiger partial charge < -0.3 is 15.2 Å². The number of hydrogen-bond acceptors (Lipinski definition) is 3. The van der Waals surface area contributed by atoms with Crippen LogP contribution in [0.25, 0.3) is 10.8 Å². The summed E-state index contributed by atoms with van der Waals surface area (Å²) in [6.07, 6.45) is 0.835. The van der Waals surface area contributed by atoms with Crippen LogP contribution in [0.5, 0.6) is 0 Å². The Morgan fingerprint density at radius 3 is 2.90 bits per heavy atom. The lowest BCUT2D eigenvalue weighted by molar-refractivity contribution is -0.139. The Balaban J connectivity index is 2.18. The summed E-state index contributed by atoms with van der Waals surface area (Å²) in [7, 11) is 1.67. The average Bonchev–Trinajstić information content (AvgIpc) is 2.96. The Hall–Kier alpha value is -1.91. The van der Waals surface area contributed by atoms with Gasteiger partial charge in [-0.3, -0.25) is 4.79 Å². The maximum absolute atomic E-state index is 11.5. The number of carbonyl (C=O) groups is 1. The first-order valence-corrected chi connectivity index (χ1v) is 7.18. The summed E-state index contributed by atoms with van der Waals surface area (Å²) in [6.45, 7) is 1.24. The van der Waals surface area contributed by atoms with E-state index in [0.717, 1.165) is 34.9 Å². The number of methoxy groups -OCH3 is 1. The highest BCUT2D eigenvalue weighted by Gasteiger charge is 2.35. The molecule has 2 aromatic rings. The molecule has 4 heteroatoms. The molecular weight excluding hydrogens is 266 g/mol. The van der Waals surface area contributed by atoms with Gasteiger partial charge in [0, 0.05) is 13.0 Å². The van der Waals surface area contributed by atoms with Crippen molar-refractivity contribution in [2.75, 3.05) is 13.7 Å². The van der Waals surface area contributed by atoms with E-state index in [1.54, 1.807) is 7.11 Å². The van der Waals surface area contributed by atoms with E-state index in [2.05, 4.69) is 29.6 Å². The Labute approximate surface area is 123 Å². The number of nitrogens with one attached hydrogen (secondary N) is 1. The second-order valence-electron chi connectivity index (χ2n) is 5.46. The van der Waals surface area contributed by atoms with Gasteiger partial charge in [0.1, 0.15) is 6.04 Å². The highest BCUT2D eigenvalue weighted by atomic mass is 16.5. The minimum atomic E-state index is -0.784. The minimum Gasteiger partial charge on any atom is -0.480 e. The number of carboxylic acid groups (broad SMARTS) is 1.